The largest absolute Gasteiger partial charge is 0.469 e. The van der Waals surface area contributed by atoms with Gasteiger partial charge in [0.1, 0.15) is 6.04 Å². The van der Waals surface area contributed by atoms with Gasteiger partial charge in [-0.1, -0.05) is 12.2 Å². The molecule has 0 saturated carbocycles. The summed E-state index contributed by atoms with van der Waals surface area (Å²) in [5.74, 6) is -0.965. The molecule has 0 spiro atoms. The van der Waals surface area contributed by atoms with Crippen LogP contribution in [0.1, 0.15) is 29.5 Å². The fourth-order valence-corrected chi connectivity index (χ4v) is 4.35. The molecule has 0 radical (unpaired) electrons. The minimum atomic E-state index is -4.95. The van der Waals surface area contributed by atoms with Crippen molar-refractivity contribution < 1.29 is 40.7 Å². The Morgan fingerprint density at radius 2 is 1.71 bits per heavy atom. The predicted octanol–water partition coefficient (Wildman–Crippen LogP) is 3.47. The van der Waals surface area contributed by atoms with Gasteiger partial charge in [-0.15, -0.1) is 0 Å². The summed E-state index contributed by atoms with van der Waals surface area (Å²) < 4.78 is 83.2. The van der Waals surface area contributed by atoms with Crippen LogP contribution < -0.4 is 5.32 Å². The van der Waals surface area contributed by atoms with Gasteiger partial charge in [0.25, 0.3) is 0 Å². The predicted molar refractivity (Wildman–Crippen MR) is 114 cm³/mol. The van der Waals surface area contributed by atoms with Gasteiger partial charge < -0.3 is 15.0 Å². The van der Waals surface area contributed by atoms with Crippen LogP contribution in [0.15, 0.2) is 30.4 Å². The topological polar surface area (TPSA) is 61.9 Å². The second-order valence-electron chi connectivity index (χ2n) is 8.66. The highest BCUT2D eigenvalue weighted by Gasteiger charge is 2.37. The Morgan fingerprint density at radius 1 is 1.06 bits per heavy atom. The van der Waals surface area contributed by atoms with E-state index in [1.54, 1.807) is 12.2 Å². The molecule has 1 aromatic rings. The Kier molecular flexibility index (Phi) is 8.47. The highest BCUT2D eigenvalue weighted by molar-refractivity contribution is 5.84. The normalized spacial score (nSPS) is 21.8. The zero-order valence-electron chi connectivity index (χ0n) is 19.1. The summed E-state index contributed by atoms with van der Waals surface area (Å²) in [6, 6.07) is 0.569. The molecule has 0 bridgehead atoms. The molecule has 2 aliphatic heterocycles. The van der Waals surface area contributed by atoms with Gasteiger partial charge in [-0.25, -0.2) is 0 Å². The minimum absolute atomic E-state index is 0.0537. The summed E-state index contributed by atoms with van der Waals surface area (Å²) >= 11 is 0. The van der Waals surface area contributed by atoms with E-state index in [2.05, 4.69) is 10.2 Å². The van der Waals surface area contributed by atoms with Crippen molar-refractivity contribution in [3.63, 3.8) is 0 Å². The minimum Gasteiger partial charge on any atom is -0.469 e. The van der Waals surface area contributed by atoms with E-state index in [-0.39, 0.29) is 23.5 Å². The number of esters is 1. The number of hydrogen-bond donors (Lipinski definition) is 1. The second kappa shape index (κ2) is 11.0. The Bertz CT molecular complexity index is 915. The molecule has 1 N–H and O–H groups in total. The van der Waals surface area contributed by atoms with Gasteiger partial charge in [-0.3, -0.25) is 14.5 Å². The summed E-state index contributed by atoms with van der Waals surface area (Å²) in [5, 5.41) is 2.45. The molecule has 2 heterocycles. The van der Waals surface area contributed by atoms with Crippen molar-refractivity contribution in [2.75, 3.05) is 39.8 Å². The summed E-state index contributed by atoms with van der Waals surface area (Å²) in [4.78, 5) is 28.5. The summed E-state index contributed by atoms with van der Waals surface area (Å²) in [6.45, 7) is 2.47. The average Bonchev–Trinajstić information content (AvgIpc) is 3.28. The van der Waals surface area contributed by atoms with Crippen LogP contribution in [0.25, 0.3) is 0 Å². The number of rotatable bonds is 7. The van der Waals surface area contributed by atoms with Gasteiger partial charge in [-0.05, 0) is 43.1 Å². The molecule has 1 fully saturated rings. The van der Waals surface area contributed by atoms with Crippen molar-refractivity contribution in [1.82, 2.24) is 15.1 Å². The Morgan fingerprint density at radius 3 is 2.31 bits per heavy atom. The SMILES string of the molecule is COC(=O)C1CCCN(CCN2CC=C[C@H]2C(=O)NCc2cc(C(F)(F)F)cc(C(F)(F)F)c2)C1. The molecule has 2 aliphatic rings. The third kappa shape index (κ3) is 7.20. The van der Waals surface area contributed by atoms with E-state index in [4.69, 9.17) is 4.74 Å². The first-order chi connectivity index (χ1) is 16.4. The van der Waals surface area contributed by atoms with E-state index >= 15 is 0 Å². The number of carbonyl (C=O) groups excluding carboxylic acids is 2. The number of ether oxygens (including phenoxy) is 1. The summed E-state index contributed by atoms with van der Waals surface area (Å²) in [7, 11) is 1.35. The highest BCUT2D eigenvalue weighted by Crippen LogP contribution is 2.36. The molecule has 35 heavy (non-hydrogen) atoms. The number of methoxy groups -OCH3 is 1. The number of carbonyl (C=O) groups is 2. The molecular formula is C23H27F6N3O3. The van der Waals surface area contributed by atoms with Crippen LogP contribution in [0.3, 0.4) is 0 Å². The van der Waals surface area contributed by atoms with E-state index in [0.717, 1.165) is 19.4 Å². The van der Waals surface area contributed by atoms with Crippen LogP contribution in [0.5, 0.6) is 0 Å². The van der Waals surface area contributed by atoms with E-state index in [1.807, 2.05) is 4.90 Å². The van der Waals surface area contributed by atoms with E-state index < -0.39 is 42.0 Å². The van der Waals surface area contributed by atoms with Crippen molar-refractivity contribution in [2.45, 2.75) is 37.8 Å². The number of halogens is 6. The zero-order chi connectivity index (χ0) is 25.8. The number of piperidine rings is 1. The molecule has 194 valence electrons. The third-order valence-corrected chi connectivity index (χ3v) is 6.18. The lowest BCUT2D eigenvalue weighted by molar-refractivity contribution is -0.147. The maximum Gasteiger partial charge on any atom is 0.416 e. The zero-order valence-corrected chi connectivity index (χ0v) is 19.1. The molecule has 1 amide bonds. The number of alkyl halides is 6. The third-order valence-electron chi connectivity index (χ3n) is 6.18. The maximum absolute atomic E-state index is 13.1. The van der Waals surface area contributed by atoms with Crippen molar-refractivity contribution in [1.29, 1.82) is 0 Å². The molecule has 12 heteroatoms. The van der Waals surface area contributed by atoms with Crippen molar-refractivity contribution >= 4 is 11.9 Å². The molecule has 3 rings (SSSR count). The monoisotopic (exact) mass is 507 g/mol. The fourth-order valence-electron chi connectivity index (χ4n) is 4.35. The van der Waals surface area contributed by atoms with Crippen molar-refractivity contribution in [3.05, 3.63) is 47.0 Å². The molecule has 1 saturated heterocycles. The molecule has 1 aromatic carbocycles. The molecule has 0 aliphatic carbocycles. The van der Waals surface area contributed by atoms with Gasteiger partial charge >= 0.3 is 18.3 Å². The Labute approximate surface area is 198 Å². The van der Waals surface area contributed by atoms with E-state index in [0.29, 0.717) is 38.3 Å². The smallest absolute Gasteiger partial charge is 0.416 e. The first-order valence-electron chi connectivity index (χ1n) is 11.2. The maximum atomic E-state index is 13.1. The van der Waals surface area contributed by atoms with Crippen LogP contribution >= 0.6 is 0 Å². The first-order valence-corrected chi connectivity index (χ1v) is 11.2. The summed E-state index contributed by atoms with van der Waals surface area (Å²) in [5.41, 5.74) is -3.15. The summed E-state index contributed by atoms with van der Waals surface area (Å²) in [6.07, 6.45) is -4.87. The van der Waals surface area contributed by atoms with Gasteiger partial charge in [0, 0.05) is 32.7 Å². The van der Waals surface area contributed by atoms with Crippen LogP contribution in [0.2, 0.25) is 0 Å². The number of hydrogen-bond acceptors (Lipinski definition) is 5. The van der Waals surface area contributed by atoms with Crippen molar-refractivity contribution in [2.24, 2.45) is 5.92 Å². The quantitative estimate of drug-likeness (QED) is 0.348. The van der Waals surface area contributed by atoms with E-state index in [1.165, 1.54) is 7.11 Å². The van der Waals surface area contributed by atoms with Crippen LogP contribution in [0.4, 0.5) is 26.3 Å². The number of benzene rings is 1. The average molecular weight is 507 g/mol. The van der Waals surface area contributed by atoms with Gasteiger partial charge in [0.2, 0.25) is 5.91 Å². The molecule has 6 nitrogen and oxygen atoms in total. The lowest BCUT2D eigenvalue weighted by atomic mass is 9.98. The van der Waals surface area contributed by atoms with Crippen molar-refractivity contribution in [3.8, 4) is 0 Å². The highest BCUT2D eigenvalue weighted by atomic mass is 19.4. The molecule has 0 aromatic heterocycles. The van der Waals surface area contributed by atoms with Gasteiger partial charge in [-0.2, -0.15) is 26.3 Å². The van der Waals surface area contributed by atoms with E-state index in [9.17, 15) is 35.9 Å². The van der Waals surface area contributed by atoms with Crippen LogP contribution in [-0.4, -0.2) is 67.6 Å². The lowest BCUT2D eigenvalue weighted by Gasteiger charge is -2.33. The number of amides is 1. The number of likely N-dealkylation sites (tertiary alicyclic amines) is 1. The fraction of sp³-hybridized carbons (Fsp3) is 0.565. The van der Waals surface area contributed by atoms with Gasteiger partial charge in [0.15, 0.2) is 0 Å². The number of nitrogens with zero attached hydrogens (tertiary/aromatic N) is 2. The lowest BCUT2D eigenvalue weighted by Crippen LogP contribution is -2.47. The van der Waals surface area contributed by atoms with Gasteiger partial charge in [0.05, 0.1) is 24.2 Å². The molecule has 2 atom stereocenters. The van der Waals surface area contributed by atoms with Crippen LogP contribution in [-0.2, 0) is 33.2 Å². The standard InChI is InChI=1S/C23H27F6N3O3/c1-35-21(34)16-4-2-6-31(14-16)8-9-32-7-3-5-19(32)20(33)30-13-15-10-17(22(24,25)26)12-18(11-15)23(27,28)29/h3,5,10-12,16,19H,2,4,6-9,13-14H2,1H3,(H,30,33)/t16?,19-/m0/s1. The van der Waals surface area contributed by atoms with Crippen LogP contribution in [0, 0.1) is 5.92 Å². The number of nitrogens with one attached hydrogen (secondary N) is 1. The molecular weight excluding hydrogens is 480 g/mol. The Hall–Kier alpha value is -2.60. The first kappa shape index (κ1) is 27.0. The second-order valence-corrected chi connectivity index (χ2v) is 8.66. The Balaban J connectivity index is 1.59. The molecule has 1 unspecified atom stereocenters.